The monoisotopic (exact) mass is 252 g/mol. The highest BCUT2D eigenvalue weighted by atomic mass is 15.2. The zero-order valence-electron chi connectivity index (χ0n) is 12.6. The topological polar surface area (TPSA) is 29.3 Å². The first kappa shape index (κ1) is 14.3. The van der Waals surface area contributed by atoms with E-state index in [0.29, 0.717) is 11.6 Å². The first-order valence-corrected chi connectivity index (χ1v) is 8.11. The number of hydrogen-bond acceptors (Lipinski definition) is 2. The first-order chi connectivity index (χ1) is 8.64. The first-order valence-electron chi connectivity index (χ1n) is 8.11. The Bertz CT molecular complexity index is 260. The molecule has 2 saturated carbocycles. The van der Waals surface area contributed by atoms with E-state index >= 15 is 0 Å². The van der Waals surface area contributed by atoms with Crippen molar-refractivity contribution >= 4 is 0 Å². The summed E-state index contributed by atoms with van der Waals surface area (Å²) in [4.78, 5) is 2.79. The Labute approximate surface area is 113 Å². The molecule has 0 saturated heterocycles. The minimum atomic E-state index is 0.309. The molecule has 106 valence electrons. The van der Waals surface area contributed by atoms with E-state index in [2.05, 4.69) is 25.7 Å². The summed E-state index contributed by atoms with van der Waals surface area (Å²) in [5.41, 5.74) is 6.61. The van der Waals surface area contributed by atoms with Crippen molar-refractivity contribution in [2.45, 2.75) is 77.3 Å². The van der Waals surface area contributed by atoms with Crippen LogP contribution in [0.25, 0.3) is 0 Å². The number of nitrogens with zero attached hydrogens (tertiary/aromatic N) is 1. The van der Waals surface area contributed by atoms with Crippen molar-refractivity contribution in [2.24, 2.45) is 17.6 Å². The van der Waals surface area contributed by atoms with Gasteiger partial charge in [-0.3, -0.25) is 4.90 Å². The summed E-state index contributed by atoms with van der Waals surface area (Å²) in [6, 6.07) is 0.640. The second kappa shape index (κ2) is 5.92. The fourth-order valence-electron chi connectivity index (χ4n) is 4.13. The van der Waals surface area contributed by atoms with Crippen LogP contribution >= 0.6 is 0 Å². The molecule has 2 fully saturated rings. The SMILES string of the molecule is CCC1CCCCC1(CN)N(CC1CC1)C(C)C. The summed E-state index contributed by atoms with van der Waals surface area (Å²) in [6.45, 7) is 9.24. The molecule has 2 rings (SSSR count). The molecule has 0 aromatic carbocycles. The van der Waals surface area contributed by atoms with Gasteiger partial charge in [-0.2, -0.15) is 0 Å². The van der Waals surface area contributed by atoms with E-state index < -0.39 is 0 Å². The summed E-state index contributed by atoms with van der Waals surface area (Å²) in [6.07, 6.45) is 9.69. The van der Waals surface area contributed by atoms with Crippen LogP contribution < -0.4 is 5.73 Å². The fourth-order valence-corrected chi connectivity index (χ4v) is 4.13. The van der Waals surface area contributed by atoms with E-state index in [-0.39, 0.29) is 0 Å². The molecule has 0 aromatic rings. The van der Waals surface area contributed by atoms with Crippen LogP contribution in [0.2, 0.25) is 0 Å². The molecular formula is C16H32N2. The Balaban J connectivity index is 2.19. The van der Waals surface area contributed by atoms with Gasteiger partial charge in [0.25, 0.3) is 0 Å². The van der Waals surface area contributed by atoms with Crippen molar-refractivity contribution < 1.29 is 0 Å². The Morgan fingerprint density at radius 3 is 2.44 bits per heavy atom. The van der Waals surface area contributed by atoms with Crippen molar-refractivity contribution in [3.05, 3.63) is 0 Å². The summed E-state index contributed by atoms with van der Waals surface area (Å²) in [7, 11) is 0. The standard InChI is InChI=1S/C16H32N2/c1-4-15-7-5-6-10-16(15,12-17)18(13(2)3)11-14-8-9-14/h13-15H,4-12,17H2,1-3H3. The van der Waals surface area contributed by atoms with Gasteiger partial charge >= 0.3 is 0 Å². The third-order valence-corrected chi connectivity index (χ3v) is 5.37. The Kier molecular flexibility index (Phi) is 4.71. The second-order valence-corrected chi connectivity index (χ2v) is 6.85. The third-order valence-electron chi connectivity index (χ3n) is 5.37. The molecule has 18 heavy (non-hydrogen) atoms. The summed E-state index contributed by atoms with van der Waals surface area (Å²) in [5, 5.41) is 0. The van der Waals surface area contributed by atoms with Crippen molar-refractivity contribution in [3.63, 3.8) is 0 Å². The van der Waals surface area contributed by atoms with Crippen molar-refractivity contribution in [2.75, 3.05) is 13.1 Å². The van der Waals surface area contributed by atoms with Gasteiger partial charge in [0.2, 0.25) is 0 Å². The van der Waals surface area contributed by atoms with E-state index in [4.69, 9.17) is 5.73 Å². The van der Waals surface area contributed by atoms with Crippen LogP contribution in [-0.2, 0) is 0 Å². The molecule has 2 N–H and O–H groups in total. The van der Waals surface area contributed by atoms with Gasteiger partial charge < -0.3 is 5.73 Å². The zero-order valence-corrected chi connectivity index (χ0v) is 12.6. The van der Waals surface area contributed by atoms with E-state index in [0.717, 1.165) is 18.4 Å². The fraction of sp³-hybridized carbons (Fsp3) is 1.00. The highest BCUT2D eigenvalue weighted by Gasteiger charge is 2.45. The molecule has 0 aliphatic heterocycles. The molecule has 0 aromatic heterocycles. The maximum Gasteiger partial charge on any atom is 0.0362 e. The largest absolute Gasteiger partial charge is 0.329 e. The molecule has 2 aliphatic rings. The Hall–Kier alpha value is -0.0800. The van der Waals surface area contributed by atoms with Crippen LogP contribution in [0.1, 0.15) is 65.7 Å². The third kappa shape index (κ3) is 2.75. The van der Waals surface area contributed by atoms with Crippen molar-refractivity contribution in [3.8, 4) is 0 Å². The quantitative estimate of drug-likeness (QED) is 0.785. The van der Waals surface area contributed by atoms with E-state index in [1.165, 1.54) is 51.5 Å². The van der Waals surface area contributed by atoms with Gasteiger partial charge in [-0.1, -0.05) is 26.2 Å². The lowest BCUT2D eigenvalue weighted by atomic mass is 9.69. The highest BCUT2D eigenvalue weighted by molar-refractivity contribution is 5.01. The van der Waals surface area contributed by atoms with Gasteiger partial charge in [0.15, 0.2) is 0 Å². The smallest absolute Gasteiger partial charge is 0.0362 e. The van der Waals surface area contributed by atoms with Crippen LogP contribution in [0.5, 0.6) is 0 Å². The Morgan fingerprint density at radius 2 is 1.94 bits per heavy atom. The summed E-state index contributed by atoms with van der Waals surface area (Å²) < 4.78 is 0. The average molecular weight is 252 g/mol. The zero-order chi connectivity index (χ0) is 13.2. The van der Waals surface area contributed by atoms with Gasteiger partial charge in [-0.25, -0.2) is 0 Å². The maximum atomic E-state index is 6.30. The van der Waals surface area contributed by atoms with Crippen molar-refractivity contribution in [1.82, 2.24) is 4.90 Å². The summed E-state index contributed by atoms with van der Waals surface area (Å²) >= 11 is 0. The van der Waals surface area contributed by atoms with Gasteiger partial charge in [0.1, 0.15) is 0 Å². The average Bonchev–Trinajstić information content (AvgIpc) is 3.19. The van der Waals surface area contributed by atoms with Gasteiger partial charge in [-0.15, -0.1) is 0 Å². The highest BCUT2D eigenvalue weighted by Crippen LogP contribution is 2.43. The molecular weight excluding hydrogens is 220 g/mol. The lowest BCUT2D eigenvalue weighted by Crippen LogP contribution is -2.62. The normalized spacial score (nSPS) is 33.3. The lowest BCUT2D eigenvalue weighted by molar-refractivity contribution is -0.0204. The molecule has 0 bridgehead atoms. The molecule has 2 aliphatic carbocycles. The molecule has 0 heterocycles. The number of nitrogens with two attached hydrogens (primary N) is 1. The van der Waals surface area contributed by atoms with Crippen molar-refractivity contribution in [1.29, 1.82) is 0 Å². The Morgan fingerprint density at radius 1 is 1.22 bits per heavy atom. The molecule has 2 unspecified atom stereocenters. The van der Waals surface area contributed by atoms with Gasteiger partial charge in [0, 0.05) is 24.7 Å². The molecule has 0 spiro atoms. The molecule has 2 nitrogen and oxygen atoms in total. The maximum absolute atomic E-state index is 6.30. The predicted molar refractivity (Wildman–Crippen MR) is 78.6 cm³/mol. The van der Waals surface area contributed by atoms with Crippen LogP contribution in [0, 0.1) is 11.8 Å². The predicted octanol–water partition coefficient (Wildman–Crippen LogP) is 3.40. The molecule has 2 atom stereocenters. The van der Waals surface area contributed by atoms with E-state index in [9.17, 15) is 0 Å². The van der Waals surface area contributed by atoms with Gasteiger partial charge in [-0.05, 0) is 51.4 Å². The van der Waals surface area contributed by atoms with Crippen LogP contribution in [0.4, 0.5) is 0 Å². The molecule has 0 radical (unpaired) electrons. The van der Waals surface area contributed by atoms with Crippen LogP contribution in [0.15, 0.2) is 0 Å². The molecule has 0 amide bonds. The number of rotatable bonds is 6. The van der Waals surface area contributed by atoms with E-state index in [1.54, 1.807) is 0 Å². The second-order valence-electron chi connectivity index (χ2n) is 6.85. The minimum Gasteiger partial charge on any atom is -0.329 e. The van der Waals surface area contributed by atoms with Crippen LogP contribution in [-0.4, -0.2) is 29.6 Å². The summed E-state index contributed by atoms with van der Waals surface area (Å²) in [5.74, 6) is 1.78. The molecule has 2 heteroatoms. The lowest BCUT2D eigenvalue weighted by Gasteiger charge is -2.53. The van der Waals surface area contributed by atoms with E-state index in [1.807, 2.05) is 0 Å². The number of hydrogen-bond donors (Lipinski definition) is 1. The van der Waals surface area contributed by atoms with Crippen LogP contribution in [0.3, 0.4) is 0 Å². The van der Waals surface area contributed by atoms with Gasteiger partial charge in [0.05, 0.1) is 0 Å². The minimum absolute atomic E-state index is 0.309.